The van der Waals surface area contributed by atoms with Crippen molar-refractivity contribution in [1.29, 1.82) is 0 Å². The van der Waals surface area contributed by atoms with Crippen LogP contribution >= 0.6 is 0 Å². The first-order chi connectivity index (χ1) is 8.42. The molecule has 0 aliphatic carbocycles. The number of carbonyl (C=O) groups excluding carboxylic acids is 2. The van der Waals surface area contributed by atoms with Crippen molar-refractivity contribution in [2.75, 3.05) is 20.1 Å². The van der Waals surface area contributed by atoms with Gasteiger partial charge in [-0.3, -0.25) is 19.8 Å². The largest absolute Gasteiger partial charge is 0.480 e. The van der Waals surface area contributed by atoms with E-state index in [2.05, 4.69) is 17.2 Å². The van der Waals surface area contributed by atoms with E-state index in [1.807, 2.05) is 0 Å². The molecule has 7 heteroatoms. The third kappa shape index (κ3) is 6.00. The fourth-order valence-corrected chi connectivity index (χ4v) is 1.39. The molecule has 0 aliphatic heterocycles. The minimum absolute atomic E-state index is 0.160. The van der Waals surface area contributed by atoms with Crippen molar-refractivity contribution in [1.82, 2.24) is 15.5 Å². The van der Waals surface area contributed by atoms with Crippen LogP contribution in [0.2, 0.25) is 0 Å². The number of hydrogen-bond acceptors (Lipinski definition) is 4. The second-order valence-electron chi connectivity index (χ2n) is 3.72. The number of nitrogens with zero attached hydrogens (tertiary/aromatic N) is 1. The van der Waals surface area contributed by atoms with E-state index in [9.17, 15) is 14.4 Å². The van der Waals surface area contributed by atoms with Crippen LogP contribution in [0.4, 0.5) is 4.79 Å². The molecule has 0 saturated heterocycles. The van der Waals surface area contributed by atoms with Gasteiger partial charge < -0.3 is 10.4 Å². The van der Waals surface area contributed by atoms with Crippen LogP contribution in [0.25, 0.3) is 0 Å². The molecule has 0 heterocycles. The van der Waals surface area contributed by atoms with Crippen molar-refractivity contribution in [2.24, 2.45) is 0 Å². The highest BCUT2D eigenvalue weighted by Gasteiger charge is 2.22. The minimum atomic E-state index is -0.996. The Hall–Kier alpha value is -1.89. The second-order valence-corrected chi connectivity index (χ2v) is 3.72. The molecule has 0 aliphatic rings. The van der Waals surface area contributed by atoms with Gasteiger partial charge in [0.15, 0.2) is 0 Å². The molecule has 102 valence electrons. The van der Waals surface area contributed by atoms with Gasteiger partial charge in [-0.1, -0.05) is 13.0 Å². The Kier molecular flexibility index (Phi) is 7.37. The van der Waals surface area contributed by atoms with Gasteiger partial charge in [0.05, 0.1) is 6.54 Å². The van der Waals surface area contributed by atoms with Gasteiger partial charge in [-0.2, -0.15) is 0 Å². The highest BCUT2D eigenvalue weighted by atomic mass is 16.4. The number of urea groups is 1. The second kappa shape index (κ2) is 8.24. The number of carboxylic acids is 1. The zero-order valence-electron chi connectivity index (χ0n) is 10.6. The first kappa shape index (κ1) is 16.1. The summed E-state index contributed by atoms with van der Waals surface area (Å²) in [4.78, 5) is 34.8. The van der Waals surface area contributed by atoms with Gasteiger partial charge in [0.1, 0.15) is 6.04 Å². The van der Waals surface area contributed by atoms with Crippen LogP contribution in [0.5, 0.6) is 0 Å². The topological polar surface area (TPSA) is 98.7 Å². The number of aliphatic carboxylic acids is 1. The lowest BCUT2D eigenvalue weighted by atomic mass is 10.2. The molecule has 0 spiro atoms. The molecule has 0 rings (SSSR count). The predicted molar refractivity (Wildman–Crippen MR) is 66.1 cm³/mol. The Labute approximate surface area is 106 Å². The van der Waals surface area contributed by atoms with Gasteiger partial charge >= 0.3 is 12.0 Å². The van der Waals surface area contributed by atoms with Crippen molar-refractivity contribution < 1.29 is 19.5 Å². The minimum Gasteiger partial charge on any atom is -0.480 e. The van der Waals surface area contributed by atoms with Gasteiger partial charge in [-0.25, -0.2) is 4.79 Å². The summed E-state index contributed by atoms with van der Waals surface area (Å²) in [5, 5.41) is 13.4. The smallest absolute Gasteiger partial charge is 0.321 e. The molecule has 0 aromatic heterocycles. The monoisotopic (exact) mass is 257 g/mol. The van der Waals surface area contributed by atoms with Crippen LogP contribution in [-0.4, -0.2) is 54.1 Å². The predicted octanol–water partition coefficient (Wildman–Crippen LogP) is -0.207. The Bertz CT molecular complexity index is 330. The number of rotatable bonds is 7. The average molecular weight is 257 g/mol. The van der Waals surface area contributed by atoms with Crippen molar-refractivity contribution in [2.45, 2.75) is 19.4 Å². The summed E-state index contributed by atoms with van der Waals surface area (Å²) in [6.07, 6.45) is 1.86. The number of hydrogen-bond donors (Lipinski definition) is 3. The summed E-state index contributed by atoms with van der Waals surface area (Å²) in [5.74, 6) is -1.55. The normalized spacial score (nSPS) is 11.7. The molecule has 0 aromatic rings. The Morgan fingerprint density at radius 3 is 2.50 bits per heavy atom. The molecule has 0 aromatic carbocycles. The molecule has 1 atom stereocenters. The Balaban J connectivity index is 4.18. The summed E-state index contributed by atoms with van der Waals surface area (Å²) in [6, 6.07) is -1.37. The molecular weight excluding hydrogens is 238 g/mol. The molecular formula is C11H19N3O4. The zero-order valence-corrected chi connectivity index (χ0v) is 10.6. The number of amides is 3. The zero-order chi connectivity index (χ0) is 14.1. The molecule has 3 amide bonds. The fourth-order valence-electron chi connectivity index (χ4n) is 1.39. The van der Waals surface area contributed by atoms with E-state index >= 15 is 0 Å². The summed E-state index contributed by atoms with van der Waals surface area (Å²) in [7, 11) is 1.52. The summed E-state index contributed by atoms with van der Waals surface area (Å²) < 4.78 is 0. The number of nitrogens with one attached hydrogen (secondary N) is 2. The fraction of sp³-hybridized carbons (Fsp3) is 0.545. The van der Waals surface area contributed by atoms with Crippen molar-refractivity contribution >= 4 is 17.9 Å². The van der Waals surface area contributed by atoms with Gasteiger partial charge in [0.2, 0.25) is 5.91 Å². The number of carboxylic acid groups (broad SMARTS) is 1. The maximum absolute atomic E-state index is 11.4. The van der Waals surface area contributed by atoms with Crippen LogP contribution < -0.4 is 10.6 Å². The lowest BCUT2D eigenvalue weighted by molar-refractivity contribution is -0.143. The highest BCUT2D eigenvalue weighted by molar-refractivity contribution is 5.95. The third-order valence-electron chi connectivity index (χ3n) is 2.26. The maximum atomic E-state index is 11.4. The van der Waals surface area contributed by atoms with Gasteiger partial charge in [-0.05, 0) is 13.5 Å². The number of carbonyl (C=O) groups is 3. The molecule has 3 N–H and O–H groups in total. The maximum Gasteiger partial charge on any atom is 0.321 e. The summed E-state index contributed by atoms with van der Waals surface area (Å²) in [5.41, 5.74) is 0. The van der Waals surface area contributed by atoms with E-state index in [0.717, 1.165) is 0 Å². The summed E-state index contributed by atoms with van der Waals surface area (Å²) >= 11 is 0. The van der Waals surface area contributed by atoms with Crippen molar-refractivity contribution in [3.8, 4) is 0 Å². The lowest BCUT2D eigenvalue weighted by Crippen LogP contribution is -2.47. The molecule has 7 nitrogen and oxygen atoms in total. The van der Waals surface area contributed by atoms with Crippen LogP contribution in [0.1, 0.15) is 13.3 Å². The van der Waals surface area contributed by atoms with Crippen LogP contribution in [0, 0.1) is 0 Å². The lowest BCUT2D eigenvalue weighted by Gasteiger charge is -2.22. The third-order valence-corrected chi connectivity index (χ3v) is 2.26. The molecule has 0 bridgehead atoms. The molecule has 1 unspecified atom stereocenters. The van der Waals surface area contributed by atoms with Gasteiger partial charge in [0, 0.05) is 6.54 Å². The SMILES string of the molecule is C=CCNC(=O)NC(=O)CN(C)C(CC)C(=O)O. The van der Waals surface area contributed by atoms with E-state index in [4.69, 9.17) is 5.11 Å². The van der Waals surface area contributed by atoms with E-state index in [1.54, 1.807) is 6.92 Å². The van der Waals surface area contributed by atoms with E-state index in [0.29, 0.717) is 6.42 Å². The molecule has 0 saturated carbocycles. The van der Waals surface area contributed by atoms with Crippen molar-refractivity contribution in [3.05, 3.63) is 12.7 Å². The Morgan fingerprint density at radius 1 is 1.44 bits per heavy atom. The van der Waals surface area contributed by atoms with Crippen LogP contribution in [0.3, 0.4) is 0 Å². The first-order valence-electron chi connectivity index (χ1n) is 5.54. The van der Waals surface area contributed by atoms with Crippen LogP contribution in [-0.2, 0) is 9.59 Å². The average Bonchev–Trinajstić information content (AvgIpc) is 2.26. The first-order valence-corrected chi connectivity index (χ1v) is 5.54. The number of likely N-dealkylation sites (N-methyl/N-ethyl adjacent to an activating group) is 1. The van der Waals surface area contributed by atoms with Gasteiger partial charge in [-0.15, -0.1) is 6.58 Å². The standard InChI is InChI=1S/C11H19N3O4/c1-4-6-12-11(18)13-9(15)7-14(3)8(5-2)10(16)17/h4,8H,1,5-7H2,2-3H3,(H,16,17)(H2,12,13,15,18). The number of imide groups is 1. The van der Waals surface area contributed by atoms with Crippen molar-refractivity contribution in [3.63, 3.8) is 0 Å². The molecule has 0 fully saturated rings. The molecule has 18 heavy (non-hydrogen) atoms. The highest BCUT2D eigenvalue weighted by Crippen LogP contribution is 2.00. The van der Waals surface area contributed by atoms with Crippen LogP contribution in [0.15, 0.2) is 12.7 Å². The molecule has 0 radical (unpaired) electrons. The van der Waals surface area contributed by atoms with E-state index in [-0.39, 0.29) is 13.1 Å². The quantitative estimate of drug-likeness (QED) is 0.548. The van der Waals surface area contributed by atoms with E-state index < -0.39 is 23.9 Å². The van der Waals surface area contributed by atoms with E-state index in [1.165, 1.54) is 18.0 Å². The Morgan fingerprint density at radius 2 is 2.06 bits per heavy atom. The summed E-state index contributed by atoms with van der Waals surface area (Å²) in [6.45, 7) is 5.22. The van der Waals surface area contributed by atoms with Gasteiger partial charge in [0.25, 0.3) is 0 Å².